The van der Waals surface area contributed by atoms with E-state index in [9.17, 15) is 20.1 Å². The SMILES string of the molecule is CC(=O)N[C@@H]1[C@@H](O)[C@H](O)[C@H](CO)O[C@@H]1O. The topological polar surface area (TPSA) is 119 Å². The van der Waals surface area contributed by atoms with Crippen LogP contribution in [0.25, 0.3) is 0 Å². The fraction of sp³-hybridized carbons (Fsp3) is 0.875. The first kappa shape index (κ1) is 12.3. The number of nitrogens with one attached hydrogen (secondary N) is 1. The number of hydrogen-bond acceptors (Lipinski definition) is 6. The number of aliphatic hydroxyl groups excluding tert-OH is 4. The minimum absolute atomic E-state index is 0.462. The van der Waals surface area contributed by atoms with Gasteiger partial charge >= 0.3 is 0 Å². The van der Waals surface area contributed by atoms with Crippen molar-refractivity contribution in [1.29, 1.82) is 0 Å². The lowest BCUT2D eigenvalue weighted by Gasteiger charge is -2.40. The Hall–Kier alpha value is -0.730. The smallest absolute Gasteiger partial charge is 0.217 e. The van der Waals surface area contributed by atoms with Gasteiger partial charge in [-0.3, -0.25) is 4.79 Å². The standard InChI is InChI=1S/C8H15NO6/c1-3(11)9-5-7(13)6(12)4(2-10)15-8(5)14/h4-8,10,12-14H,2H2,1H3,(H,9,11)/t4-,5+,6+,7+,8-/m0/s1. The molecule has 5 N–H and O–H groups in total. The molecule has 0 aromatic heterocycles. The molecule has 1 aliphatic rings. The molecule has 0 aromatic rings. The zero-order valence-electron chi connectivity index (χ0n) is 8.20. The van der Waals surface area contributed by atoms with E-state index in [-0.39, 0.29) is 0 Å². The first-order valence-electron chi connectivity index (χ1n) is 4.55. The number of ether oxygens (including phenoxy) is 1. The van der Waals surface area contributed by atoms with Crippen molar-refractivity contribution in [2.45, 2.75) is 37.6 Å². The van der Waals surface area contributed by atoms with Crippen LogP contribution in [0, 0.1) is 0 Å². The summed E-state index contributed by atoms with van der Waals surface area (Å²) in [6, 6.07) is -1.10. The summed E-state index contributed by atoms with van der Waals surface area (Å²) >= 11 is 0. The molecule has 88 valence electrons. The van der Waals surface area contributed by atoms with Crippen LogP contribution in [0.4, 0.5) is 0 Å². The van der Waals surface area contributed by atoms with Gasteiger partial charge in [0.25, 0.3) is 0 Å². The van der Waals surface area contributed by atoms with E-state index in [1.165, 1.54) is 6.92 Å². The van der Waals surface area contributed by atoms with Gasteiger partial charge in [-0.15, -0.1) is 0 Å². The highest BCUT2D eigenvalue weighted by atomic mass is 16.6. The molecule has 0 spiro atoms. The largest absolute Gasteiger partial charge is 0.394 e. The second-order valence-electron chi connectivity index (χ2n) is 3.46. The van der Waals surface area contributed by atoms with Crippen LogP contribution in [-0.4, -0.2) is 63.6 Å². The summed E-state index contributed by atoms with van der Waals surface area (Å²) in [6.07, 6.45) is -5.24. The summed E-state index contributed by atoms with van der Waals surface area (Å²) in [5.74, 6) is -0.462. The number of carbonyl (C=O) groups excluding carboxylic acids is 1. The van der Waals surface area contributed by atoms with Crippen molar-refractivity contribution in [2.75, 3.05) is 6.61 Å². The maximum absolute atomic E-state index is 10.7. The van der Waals surface area contributed by atoms with Gasteiger partial charge in [0.2, 0.25) is 5.91 Å². The van der Waals surface area contributed by atoms with Gasteiger partial charge in [0, 0.05) is 6.92 Å². The maximum Gasteiger partial charge on any atom is 0.217 e. The molecule has 1 aliphatic heterocycles. The number of aliphatic hydroxyl groups is 4. The van der Waals surface area contributed by atoms with E-state index in [0.717, 1.165) is 0 Å². The summed E-state index contributed by atoms with van der Waals surface area (Å²) in [6.45, 7) is 0.687. The van der Waals surface area contributed by atoms with Crippen LogP contribution in [0.3, 0.4) is 0 Å². The Morgan fingerprint density at radius 3 is 2.40 bits per heavy atom. The molecular weight excluding hydrogens is 206 g/mol. The first-order valence-corrected chi connectivity index (χ1v) is 4.55. The molecule has 15 heavy (non-hydrogen) atoms. The Morgan fingerprint density at radius 2 is 1.93 bits per heavy atom. The molecule has 0 saturated carbocycles. The van der Waals surface area contributed by atoms with E-state index in [0.29, 0.717) is 0 Å². The third kappa shape index (κ3) is 2.64. The highest BCUT2D eigenvalue weighted by Gasteiger charge is 2.43. The summed E-state index contributed by atoms with van der Waals surface area (Å²) in [7, 11) is 0. The van der Waals surface area contributed by atoms with Crippen LogP contribution in [0.2, 0.25) is 0 Å². The van der Waals surface area contributed by atoms with E-state index in [1.807, 2.05) is 0 Å². The van der Waals surface area contributed by atoms with Crippen LogP contribution >= 0.6 is 0 Å². The number of carbonyl (C=O) groups is 1. The average molecular weight is 221 g/mol. The van der Waals surface area contributed by atoms with Crippen LogP contribution in [0.15, 0.2) is 0 Å². The Morgan fingerprint density at radius 1 is 1.33 bits per heavy atom. The third-order valence-corrected chi connectivity index (χ3v) is 2.27. The molecule has 1 fully saturated rings. The van der Waals surface area contributed by atoms with Gasteiger partial charge in [0.1, 0.15) is 24.4 Å². The van der Waals surface area contributed by atoms with Gasteiger partial charge in [-0.25, -0.2) is 0 Å². The van der Waals surface area contributed by atoms with Crippen molar-refractivity contribution in [1.82, 2.24) is 5.32 Å². The molecular formula is C8H15NO6. The van der Waals surface area contributed by atoms with Gasteiger partial charge in [0.15, 0.2) is 6.29 Å². The molecule has 1 rings (SSSR count). The Bertz CT molecular complexity index is 235. The van der Waals surface area contributed by atoms with Crippen LogP contribution in [-0.2, 0) is 9.53 Å². The van der Waals surface area contributed by atoms with E-state index < -0.39 is 43.2 Å². The molecule has 7 heteroatoms. The molecule has 0 radical (unpaired) electrons. The lowest BCUT2D eigenvalue weighted by Crippen LogP contribution is -2.63. The van der Waals surface area contributed by atoms with Gasteiger partial charge in [-0.1, -0.05) is 0 Å². The van der Waals surface area contributed by atoms with Crippen LogP contribution in [0.1, 0.15) is 6.92 Å². The molecule has 1 saturated heterocycles. The monoisotopic (exact) mass is 221 g/mol. The van der Waals surface area contributed by atoms with E-state index >= 15 is 0 Å². The normalized spacial score (nSPS) is 41.3. The molecule has 5 atom stereocenters. The van der Waals surface area contributed by atoms with Crippen molar-refractivity contribution < 1.29 is 30.0 Å². The second kappa shape index (κ2) is 4.86. The number of rotatable bonds is 2. The van der Waals surface area contributed by atoms with Gasteiger partial charge < -0.3 is 30.5 Å². The van der Waals surface area contributed by atoms with Crippen molar-refractivity contribution in [3.8, 4) is 0 Å². The van der Waals surface area contributed by atoms with Crippen molar-refractivity contribution in [3.63, 3.8) is 0 Å². The summed E-state index contributed by atoms with van der Waals surface area (Å²) in [4.78, 5) is 10.7. The van der Waals surface area contributed by atoms with Crippen molar-refractivity contribution in [2.24, 2.45) is 0 Å². The van der Waals surface area contributed by atoms with Crippen LogP contribution < -0.4 is 5.32 Å². The number of amides is 1. The lowest BCUT2D eigenvalue weighted by atomic mass is 9.97. The van der Waals surface area contributed by atoms with E-state index in [2.05, 4.69) is 5.32 Å². The predicted molar refractivity (Wildman–Crippen MR) is 47.6 cm³/mol. The lowest BCUT2D eigenvalue weighted by molar-refractivity contribution is -0.253. The van der Waals surface area contributed by atoms with Crippen LogP contribution in [0.5, 0.6) is 0 Å². The highest BCUT2D eigenvalue weighted by Crippen LogP contribution is 2.19. The quantitative estimate of drug-likeness (QED) is 0.337. The van der Waals surface area contributed by atoms with E-state index in [4.69, 9.17) is 9.84 Å². The fourth-order valence-electron chi connectivity index (χ4n) is 1.49. The summed E-state index contributed by atoms with van der Waals surface area (Å²) in [5, 5.41) is 39.4. The maximum atomic E-state index is 10.7. The van der Waals surface area contributed by atoms with Gasteiger partial charge in [-0.05, 0) is 0 Å². The predicted octanol–water partition coefficient (Wildman–Crippen LogP) is -3.08. The Balaban J connectivity index is 2.70. The molecule has 0 unspecified atom stereocenters. The molecule has 1 heterocycles. The highest BCUT2D eigenvalue weighted by molar-refractivity contribution is 5.73. The molecule has 0 aromatic carbocycles. The fourth-order valence-corrected chi connectivity index (χ4v) is 1.49. The summed E-state index contributed by atoms with van der Waals surface area (Å²) in [5.41, 5.74) is 0. The third-order valence-electron chi connectivity index (χ3n) is 2.27. The Labute approximate surface area is 86.3 Å². The van der Waals surface area contributed by atoms with Gasteiger partial charge in [0.05, 0.1) is 6.61 Å². The summed E-state index contributed by atoms with van der Waals surface area (Å²) < 4.78 is 4.81. The average Bonchev–Trinajstić information content (AvgIpc) is 2.18. The number of hydrogen-bond donors (Lipinski definition) is 5. The van der Waals surface area contributed by atoms with E-state index in [1.54, 1.807) is 0 Å². The zero-order chi connectivity index (χ0) is 11.6. The van der Waals surface area contributed by atoms with Crippen molar-refractivity contribution in [3.05, 3.63) is 0 Å². The molecule has 1 amide bonds. The second-order valence-corrected chi connectivity index (χ2v) is 3.46. The minimum Gasteiger partial charge on any atom is -0.394 e. The molecule has 7 nitrogen and oxygen atoms in total. The minimum atomic E-state index is -1.45. The Kier molecular flexibility index (Phi) is 4.00. The zero-order valence-corrected chi connectivity index (χ0v) is 8.20. The molecule has 0 aliphatic carbocycles. The van der Waals surface area contributed by atoms with Crippen molar-refractivity contribution >= 4 is 5.91 Å². The molecule has 0 bridgehead atoms. The van der Waals surface area contributed by atoms with Gasteiger partial charge in [-0.2, -0.15) is 0 Å². The first-order chi connectivity index (χ1) is 6.97.